The van der Waals surface area contributed by atoms with Crippen LogP contribution in [-0.4, -0.2) is 45.0 Å². The highest BCUT2D eigenvalue weighted by Gasteiger charge is 2.41. The number of hydrogen-bond donors (Lipinski definition) is 0. The third-order valence-corrected chi connectivity index (χ3v) is 7.82. The summed E-state index contributed by atoms with van der Waals surface area (Å²) in [5.74, 6) is -1.58. The van der Waals surface area contributed by atoms with E-state index >= 15 is 0 Å². The second-order valence-electron chi connectivity index (χ2n) is 8.28. The van der Waals surface area contributed by atoms with E-state index in [0.29, 0.717) is 37.0 Å². The summed E-state index contributed by atoms with van der Waals surface area (Å²) in [5.41, 5.74) is -0.801. The fourth-order valence-corrected chi connectivity index (χ4v) is 6.02. The van der Waals surface area contributed by atoms with Gasteiger partial charge in [-0.15, -0.1) is 24.5 Å². The maximum Gasteiger partial charge on any atom is 0.573 e. The lowest BCUT2D eigenvalue weighted by Gasteiger charge is -2.31. The minimum Gasteiger partial charge on any atom is -0.405 e. The van der Waals surface area contributed by atoms with Gasteiger partial charge in [0.25, 0.3) is 0 Å². The van der Waals surface area contributed by atoms with Crippen LogP contribution in [0.15, 0.2) is 22.7 Å². The molecule has 0 atom stereocenters. The summed E-state index contributed by atoms with van der Waals surface area (Å²) < 4.78 is 83.4. The fourth-order valence-electron chi connectivity index (χ4n) is 3.98. The number of piperidine rings is 1. The van der Waals surface area contributed by atoms with E-state index in [1.165, 1.54) is 0 Å². The Balaban J connectivity index is 1.53. The number of carbonyl (C=O) groups excluding carboxylic acids is 1. The maximum absolute atomic E-state index is 13.4. The van der Waals surface area contributed by atoms with Gasteiger partial charge < -0.3 is 9.64 Å². The molecule has 0 saturated carbocycles. The molecule has 3 aromatic rings. The van der Waals surface area contributed by atoms with E-state index in [1.807, 2.05) is 6.92 Å². The number of rotatable bonds is 5. The molecule has 0 aliphatic carbocycles. The van der Waals surface area contributed by atoms with Crippen LogP contribution in [0.4, 0.5) is 26.3 Å². The number of benzene rings is 1. The molecule has 2 aromatic heterocycles. The SMILES string of the molecule is Cc1c[c]nn1CC(=O)N1CCC(c2nc(-c3cc(Br)c(C(F)(F)F)c(OC(F)(F)F)c3)c(Cl)s2)CC1. The second-order valence-corrected chi connectivity index (χ2v) is 10.8. The Morgan fingerprint density at radius 3 is 2.49 bits per heavy atom. The first-order chi connectivity index (χ1) is 17.2. The van der Waals surface area contributed by atoms with E-state index in [-0.39, 0.29) is 34.0 Å². The third-order valence-electron chi connectivity index (χ3n) is 5.78. The normalized spacial score (nSPS) is 15.3. The topological polar surface area (TPSA) is 60.2 Å². The van der Waals surface area contributed by atoms with E-state index in [0.717, 1.165) is 23.1 Å². The first-order valence-electron chi connectivity index (χ1n) is 10.7. The minimum atomic E-state index is -5.34. The number of halogens is 8. The van der Waals surface area contributed by atoms with Crippen LogP contribution in [0.5, 0.6) is 5.75 Å². The molecule has 1 saturated heterocycles. The average molecular weight is 631 g/mol. The van der Waals surface area contributed by atoms with Gasteiger partial charge in [-0.25, -0.2) is 4.98 Å². The minimum absolute atomic E-state index is 0.0482. The van der Waals surface area contributed by atoms with Crippen molar-refractivity contribution in [2.75, 3.05) is 13.1 Å². The van der Waals surface area contributed by atoms with Gasteiger partial charge in [0.05, 0.1) is 5.01 Å². The highest BCUT2D eigenvalue weighted by Crippen LogP contribution is 2.47. The Morgan fingerprint density at radius 2 is 1.92 bits per heavy atom. The molecule has 3 heterocycles. The second kappa shape index (κ2) is 10.4. The standard InChI is InChI=1S/C22H17BrClF6N4O2S/c1-11-2-5-31-34(11)10-16(35)33-6-3-12(4-7-33)20-32-18(19(24)37-20)13-8-14(23)17(21(25,26)27)15(9-13)36-22(28,29)30/h2,8-9,12H,3-4,6-7,10H2,1H3. The van der Waals surface area contributed by atoms with E-state index in [2.05, 4.69) is 36.9 Å². The lowest BCUT2D eigenvalue weighted by Crippen LogP contribution is -2.40. The molecule has 1 radical (unpaired) electrons. The summed E-state index contributed by atoms with van der Waals surface area (Å²) >= 11 is 10.1. The van der Waals surface area contributed by atoms with E-state index < -0.39 is 28.3 Å². The first-order valence-corrected chi connectivity index (χ1v) is 12.7. The molecule has 4 rings (SSSR count). The molecule has 37 heavy (non-hydrogen) atoms. The van der Waals surface area contributed by atoms with Gasteiger partial charge >= 0.3 is 12.5 Å². The fraction of sp³-hybridized carbons (Fsp3) is 0.409. The smallest absolute Gasteiger partial charge is 0.405 e. The molecule has 1 fully saturated rings. The van der Waals surface area contributed by atoms with Gasteiger partial charge in [0.1, 0.15) is 34.1 Å². The van der Waals surface area contributed by atoms with Crippen molar-refractivity contribution < 1.29 is 35.9 Å². The number of aromatic nitrogens is 3. The van der Waals surface area contributed by atoms with Gasteiger partial charge in [-0.3, -0.25) is 9.48 Å². The largest absolute Gasteiger partial charge is 0.573 e. The molecule has 1 aliphatic rings. The number of ether oxygens (including phenoxy) is 1. The van der Waals surface area contributed by atoms with Crippen molar-refractivity contribution >= 4 is 44.8 Å². The summed E-state index contributed by atoms with van der Waals surface area (Å²) in [7, 11) is 0. The van der Waals surface area contributed by atoms with Gasteiger partial charge in [0, 0.05) is 34.7 Å². The molecule has 6 nitrogen and oxygen atoms in total. The van der Waals surface area contributed by atoms with Crippen molar-refractivity contribution in [3.05, 3.63) is 49.5 Å². The number of nitrogens with zero attached hydrogens (tertiary/aromatic N) is 4. The molecule has 0 N–H and O–H groups in total. The molecular weight excluding hydrogens is 614 g/mol. The predicted octanol–water partition coefficient (Wildman–Crippen LogP) is 6.85. The summed E-state index contributed by atoms with van der Waals surface area (Å²) in [4.78, 5) is 18.8. The van der Waals surface area contributed by atoms with Crippen LogP contribution in [0.1, 0.15) is 35.0 Å². The zero-order valence-corrected chi connectivity index (χ0v) is 22.0. The number of amides is 1. The monoisotopic (exact) mass is 629 g/mol. The van der Waals surface area contributed by atoms with Crippen molar-refractivity contribution in [1.29, 1.82) is 0 Å². The molecule has 1 aliphatic heterocycles. The van der Waals surface area contributed by atoms with E-state index in [9.17, 15) is 31.1 Å². The average Bonchev–Trinajstić information content (AvgIpc) is 3.36. The zero-order chi connectivity index (χ0) is 27.1. The van der Waals surface area contributed by atoms with Crippen LogP contribution >= 0.6 is 38.9 Å². The summed E-state index contributed by atoms with van der Waals surface area (Å²) in [5, 5.41) is 4.57. The van der Waals surface area contributed by atoms with Crippen molar-refractivity contribution in [3.8, 4) is 17.0 Å². The van der Waals surface area contributed by atoms with Gasteiger partial charge in [-0.1, -0.05) is 27.5 Å². The van der Waals surface area contributed by atoms with Crippen molar-refractivity contribution in [2.45, 2.75) is 44.8 Å². The Labute approximate surface area is 224 Å². The number of alkyl halides is 6. The number of carbonyl (C=O) groups is 1. The highest BCUT2D eigenvalue weighted by atomic mass is 79.9. The Kier molecular flexibility index (Phi) is 7.82. The zero-order valence-electron chi connectivity index (χ0n) is 18.9. The molecular formula is C22H17BrClF6N4O2S. The molecule has 199 valence electrons. The Morgan fingerprint density at radius 1 is 1.24 bits per heavy atom. The summed E-state index contributed by atoms with van der Waals surface area (Å²) in [6, 6.07) is 3.31. The van der Waals surface area contributed by atoms with Crippen molar-refractivity contribution in [1.82, 2.24) is 19.7 Å². The first kappa shape index (κ1) is 27.7. The summed E-state index contributed by atoms with van der Waals surface area (Å²) in [6.07, 6.45) is -6.62. The van der Waals surface area contributed by atoms with Crippen molar-refractivity contribution in [3.63, 3.8) is 0 Å². The van der Waals surface area contributed by atoms with Gasteiger partial charge in [0.2, 0.25) is 5.91 Å². The van der Waals surface area contributed by atoms with Gasteiger partial charge in [-0.2, -0.15) is 18.3 Å². The van der Waals surface area contributed by atoms with E-state index in [1.54, 1.807) is 15.6 Å². The van der Waals surface area contributed by atoms with Gasteiger partial charge in [-0.05, 0) is 38.0 Å². The quantitative estimate of drug-likeness (QED) is 0.289. The Bertz CT molecular complexity index is 1300. The molecule has 15 heteroatoms. The van der Waals surface area contributed by atoms with Crippen LogP contribution in [-0.2, 0) is 17.5 Å². The number of thiazole rings is 1. The number of likely N-dealkylation sites (tertiary alicyclic amines) is 1. The molecule has 1 amide bonds. The maximum atomic E-state index is 13.4. The van der Waals surface area contributed by atoms with E-state index in [4.69, 9.17) is 11.6 Å². The molecule has 0 bridgehead atoms. The lowest BCUT2D eigenvalue weighted by atomic mass is 9.97. The molecule has 1 aromatic carbocycles. The third kappa shape index (κ3) is 6.40. The van der Waals surface area contributed by atoms with Crippen molar-refractivity contribution in [2.24, 2.45) is 0 Å². The van der Waals surface area contributed by atoms with Crippen LogP contribution in [0.3, 0.4) is 0 Å². The van der Waals surface area contributed by atoms with Crippen LogP contribution in [0.25, 0.3) is 11.3 Å². The Hall–Kier alpha value is -2.32. The van der Waals surface area contributed by atoms with Gasteiger partial charge in [0.15, 0.2) is 0 Å². The molecule has 0 spiro atoms. The number of aryl methyl sites for hydroxylation is 1. The number of hydrogen-bond acceptors (Lipinski definition) is 5. The highest BCUT2D eigenvalue weighted by molar-refractivity contribution is 9.10. The van der Waals surface area contributed by atoms with Crippen LogP contribution in [0, 0.1) is 13.1 Å². The molecule has 0 unspecified atom stereocenters. The van der Waals surface area contributed by atoms with Crippen LogP contribution in [0.2, 0.25) is 4.34 Å². The lowest BCUT2D eigenvalue weighted by molar-refractivity contribution is -0.276. The predicted molar refractivity (Wildman–Crippen MR) is 126 cm³/mol. The summed E-state index contributed by atoms with van der Waals surface area (Å²) in [6.45, 7) is 2.82. The van der Waals surface area contributed by atoms with Crippen LogP contribution < -0.4 is 4.74 Å².